The molecular weight excluding hydrogens is 324 g/mol. The number of hydrogen-bond acceptors (Lipinski definition) is 6. The highest BCUT2D eigenvalue weighted by Gasteiger charge is 2.12. The lowest BCUT2D eigenvalue weighted by Gasteiger charge is -2.12. The SMILES string of the molecule is COc1cc2nccc(Oc3ccnc4ccsc34)c2cc1OC. The summed E-state index contributed by atoms with van der Waals surface area (Å²) in [4.78, 5) is 8.73. The van der Waals surface area contributed by atoms with Crippen LogP contribution in [-0.4, -0.2) is 24.2 Å². The number of aromatic nitrogens is 2. The Hall–Kier alpha value is -2.86. The van der Waals surface area contributed by atoms with Gasteiger partial charge in [0.25, 0.3) is 0 Å². The molecule has 0 aliphatic rings. The Morgan fingerprint density at radius 2 is 1.50 bits per heavy atom. The predicted octanol–water partition coefficient (Wildman–Crippen LogP) is 4.65. The van der Waals surface area contributed by atoms with Gasteiger partial charge >= 0.3 is 0 Å². The molecule has 0 N–H and O–H groups in total. The van der Waals surface area contributed by atoms with Crippen molar-refractivity contribution in [2.75, 3.05) is 14.2 Å². The van der Waals surface area contributed by atoms with Gasteiger partial charge in [-0.1, -0.05) is 0 Å². The summed E-state index contributed by atoms with van der Waals surface area (Å²) in [5.74, 6) is 2.76. The van der Waals surface area contributed by atoms with E-state index in [9.17, 15) is 0 Å². The van der Waals surface area contributed by atoms with E-state index in [4.69, 9.17) is 14.2 Å². The van der Waals surface area contributed by atoms with E-state index in [1.807, 2.05) is 35.7 Å². The highest BCUT2D eigenvalue weighted by Crippen LogP contribution is 2.38. The zero-order chi connectivity index (χ0) is 16.5. The molecule has 24 heavy (non-hydrogen) atoms. The van der Waals surface area contributed by atoms with Gasteiger partial charge in [0.05, 0.1) is 30.0 Å². The molecule has 6 heteroatoms. The van der Waals surface area contributed by atoms with Crippen molar-refractivity contribution in [1.29, 1.82) is 0 Å². The van der Waals surface area contributed by atoms with Crippen LogP contribution in [0.5, 0.6) is 23.0 Å². The lowest BCUT2D eigenvalue weighted by molar-refractivity contribution is 0.355. The molecule has 0 amide bonds. The third-order valence-electron chi connectivity index (χ3n) is 3.73. The Labute approximate surface area is 142 Å². The van der Waals surface area contributed by atoms with Crippen molar-refractivity contribution < 1.29 is 14.2 Å². The number of benzene rings is 1. The Morgan fingerprint density at radius 1 is 0.792 bits per heavy atom. The molecule has 0 radical (unpaired) electrons. The molecule has 3 heterocycles. The Morgan fingerprint density at radius 3 is 2.29 bits per heavy atom. The van der Waals surface area contributed by atoms with E-state index in [0.717, 1.165) is 26.9 Å². The predicted molar refractivity (Wildman–Crippen MR) is 94.5 cm³/mol. The molecule has 0 aliphatic carbocycles. The Bertz CT molecular complexity index is 1030. The van der Waals surface area contributed by atoms with Crippen molar-refractivity contribution in [3.05, 3.63) is 48.1 Å². The summed E-state index contributed by atoms with van der Waals surface area (Å²) < 4.78 is 17.9. The number of nitrogens with zero attached hydrogens (tertiary/aromatic N) is 2. The summed E-state index contributed by atoms with van der Waals surface area (Å²) in [6, 6.07) is 9.41. The molecule has 0 aliphatic heterocycles. The second kappa shape index (κ2) is 5.98. The van der Waals surface area contributed by atoms with Gasteiger partial charge in [0.15, 0.2) is 11.5 Å². The fraction of sp³-hybridized carbons (Fsp3) is 0.111. The van der Waals surface area contributed by atoms with E-state index in [2.05, 4.69) is 9.97 Å². The lowest BCUT2D eigenvalue weighted by atomic mass is 10.2. The number of hydrogen-bond donors (Lipinski definition) is 0. The largest absolute Gasteiger partial charge is 0.493 e. The van der Waals surface area contributed by atoms with Gasteiger partial charge in [0.2, 0.25) is 0 Å². The first kappa shape index (κ1) is 14.7. The monoisotopic (exact) mass is 338 g/mol. The van der Waals surface area contributed by atoms with E-state index in [0.29, 0.717) is 17.2 Å². The fourth-order valence-electron chi connectivity index (χ4n) is 2.58. The van der Waals surface area contributed by atoms with E-state index >= 15 is 0 Å². The summed E-state index contributed by atoms with van der Waals surface area (Å²) in [7, 11) is 3.22. The number of thiophene rings is 1. The van der Waals surface area contributed by atoms with E-state index in [1.165, 1.54) is 0 Å². The first-order valence-electron chi connectivity index (χ1n) is 7.31. The molecule has 0 saturated carbocycles. The Balaban J connectivity index is 1.86. The number of pyridine rings is 2. The van der Waals surface area contributed by atoms with E-state index in [-0.39, 0.29) is 0 Å². The van der Waals surface area contributed by atoms with Gasteiger partial charge in [-0.3, -0.25) is 9.97 Å². The molecular formula is C18H14N2O3S. The van der Waals surface area contributed by atoms with Crippen LogP contribution < -0.4 is 14.2 Å². The molecule has 0 atom stereocenters. The fourth-order valence-corrected chi connectivity index (χ4v) is 3.39. The zero-order valence-electron chi connectivity index (χ0n) is 13.1. The molecule has 0 unspecified atom stereocenters. The summed E-state index contributed by atoms with van der Waals surface area (Å²) in [5.41, 5.74) is 1.71. The van der Waals surface area contributed by atoms with Crippen LogP contribution in [0.1, 0.15) is 0 Å². The van der Waals surface area contributed by atoms with Gasteiger partial charge in [-0.2, -0.15) is 0 Å². The molecule has 4 aromatic rings. The quantitative estimate of drug-likeness (QED) is 0.542. The van der Waals surface area contributed by atoms with Gasteiger partial charge in [-0.15, -0.1) is 11.3 Å². The van der Waals surface area contributed by atoms with Crippen LogP contribution in [0.15, 0.2) is 48.1 Å². The molecule has 4 rings (SSSR count). The van der Waals surface area contributed by atoms with Crippen LogP contribution in [0.4, 0.5) is 0 Å². The summed E-state index contributed by atoms with van der Waals surface area (Å²) in [6.45, 7) is 0. The Kier molecular flexibility index (Phi) is 3.66. The molecule has 0 saturated heterocycles. The topological polar surface area (TPSA) is 53.5 Å². The molecule has 5 nitrogen and oxygen atoms in total. The van der Waals surface area contributed by atoms with Crippen LogP contribution >= 0.6 is 11.3 Å². The third-order valence-corrected chi connectivity index (χ3v) is 4.65. The highest BCUT2D eigenvalue weighted by molar-refractivity contribution is 7.17. The van der Waals surface area contributed by atoms with Crippen LogP contribution in [-0.2, 0) is 0 Å². The van der Waals surface area contributed by atoms with Gasteiger partial charge in [-0.05, 0) is 23.6 Å². The molecule has 1 aromatic carbocycles. The average Bonchev–Trinajstić information content (AvgIpc) is 3.10. The summed E-state index contributed by atoms with van der Waals surface area (Å²) >= 11 is 1.60. The van der Waals surface area contributed by atoms with Crippen LogP contribution in [0.25, 0.3) is 21.1 Å². The number of methoxy groups -OCH3 is 2. The smallest absolute Gasteiger partial charge is 0.162 e. The molecule has 0 bridgehead atoms. The summed E-state index contributed by atoms with van der Waals surface area (Å²) in [6.07, 6.45) is 3.47. The van der Waals surface area contributed by atoms with Crippen molar-refractivity contribution in [2.45, 2.75) is 0 Å². The minimum absolute atomic E-state index is 0.638. The standard InChI is InChI=1S/C18H14N2O3S/c1-21-16-9-11-13(10-17(16)22-2)20-6-3-14(11)23-15-4-7-19-12-5-8-24-18(12)15/h3-10H,1-2H3. The zero-order valence-corrected chi connectivity index (χ0v) is 14.0. The number of fused-ring (bicyclic) bond motifs is 2. The van der Waals surface area contributed by atoms with Crippen molar-refractivity contribution in [3.8, 4) is 23.0 Å². The van der Waals surface area contributed by atoms with Crippen LogP contribution in [0, 0.1) is 0 Å². The van der Waals surface area contributed by atoms with Crippen molar-refractivity contribution in [2.24, 2.45) is 0 Å². The third kappa shape index (κ3) is 2.41. The van der Waals surface area contributed by atoms with Crippen molar-refractivity contribution in [1.82, 2.24) is 9.97 Å². The second-order valence-corrected chi connectivity index (χ2v) is 6.00. The van der Waals surface area contributed by atoms with Crippen LogP contribution in [0.2, 0.25) is 0 Å². The molecule has 3 aromatic heterocycles. The highest BCUT2D eigenvalue weighted by atomic mass is 32.1. The van der Waals surface area contributed by atoms with Crippen molar-refractivity contribution >= 4 is 32.5 Å². The number of rotatable bonds is 4. The van der Waals surface area contributed by atoms with Gasteiger partial charge in [0.1, 0.15) is 11.5 Å². The minimum Gasteiger partial charge on any atom is -0.493 e. The lowest BCUT2D eigenvalue weighted by Crippen LogP contribution is -1.93. The maximum atomic E-state index is 6.17. The van der Waals surface area contributed by atoms with Gasteiger partial charge in [-0.25, -0.2) is 0 Å². The number of ether oxygens (including phenoxy) is 3. The van der Waals surface area contributed by atoms with Crippen LogP contribution in [0.3, 0.4) is 0 Å². The molecule has 120 valence electrons. The first-order valence-corrected chi connectivity index (χ1v) is 8.19. The van der Waals surface area contributed by atoms with Crippen molar-refractivity contribution in [3.63, 3.8) is 0 Å². The average molecular weight is 338 g/mol. The molecule has 0 fully saturated rings. The molecule has 0 spiro atoms. The minimum atomic E-state index is 0.638. The van der Waals surface area contributed by atoms with Gasteiger partial charge < -0.3 is 14.2 Å². The first-order chi connectivity index (χ1) is 11.8. The maximum Gasteiger partial charge on any atom is 0.162 e. The van der Waals surface area contributed by atoms with Gasteiger partial charge in [0, 0.05) is 29.9 Å². The normalized spacial score (nSPS) is 10.9. The van der Waals surface area contributed by atoms with E-state index in [1.54, 1.807) is 38.0 Å². The summed E-state index contributed by atoms with van der Waals surface area (Å²) in [5, 5.41) is 2.86. The second-order valence-electron chi connectivity index (χ2n) is 5.08. The van der Waals surface area contributed by atoms with E-state index < -0.39 is 0 Å². The maximum absolute atomic E-state index is 6.17.